The third kappa shape index (κ3) is 3.99. The van der Waals surface area contributed by atoms with Crippen LogP contribution in [0.5, 0.6) is 0 Å². The Morgan fingerprint density at radius 2 is 1.57 bits per heavy atom. The Morgan fingerprint density at radius 1 is 0.857 bits per heavy atom. The number of Topliss-reactive ketones (excluding diaryl/α,β-unsaturated/α-hetero) is 1. The number of carbonyl (C=O) groups is 1. The predicted octanol–water partition coefficient (Wildman–Crippen LogP) is 6.35. The van der Waals surface area contributed by atoms with Crippen molar-refractivity contribution in [1.82, 2.24) is 4.98 Å². The summed E-state index contributed by atoms with van der Waals surface area (Å²) in [6.45, 7) is 1.57. The van der Waals surface area contributed by atoms with Gasteiger partial charge in [-0.3, -0.25) is 4.79 Å². The highest BCUT2D eigenvalue weighted by Crippen LogP contribution is 2.27. The van der Waals surface area contributed by atoms with Crippen molar-refractivity contribution in [1.29, 1.82) is 0 Å². The summed E-state index contributed by atoms with van der Waals surface area (Å²) in [5, 5.41) is 4.52. The SMILES string of the molecule is CC(=O)c1ccc(Nc2cc(/C=C/c3ccccc3)nc3ccccc23)cc1. The Balaban J connectivity index is 1.70. The largest absolute Gasteiger partial charge is 0.355 e. The van der Waals surface area contributed by atoms with Crippen LogP contribution >= 0.6 is 0 Å². The molecule has 0 saturated heterocycles. The van der Waals surface area contributed by atoms with Crippen molar-refractivity contribution in [2.24, 2.45) is 0 Å². The second-order valence-corrected chi connectivity index (χ2v) is 6.61. The van der Waals surface area contributed by atoms with Crippen LogP contribution in [0.1, 0.15) is 28.5 Å². The van der Waals surface area contributed by atoms with E-state index in [0.717, 1.165) is 33.5 Å². The molecular weight excluding hydrogens is 344 g/mol. The van der Waals surface area contributed by atoms with Gasteiger partial charge in [-0.15, -0.1) is 0 Å². The molecular formula is C25H20N2O. The van der Waals surface area contributed by atoms with Gasteiger partial charge in [0.2, 0.25) is 0 Å². The van der Waals surface area contributed by atoms with Crippen LogP contribution in [0.2, 0.25) is 0 Å². The number of nitrogens with zero attached hydrogens (tertiary/aromatic N) is 1. The molecule has 3 heteroatoms. The first-order chi connectivity index (χ1) is 13.7. The molecule has 1 aromatic heterocycles. The Hall–Kier alpha value is -3.72. The fourth-order valence-electron chi connectivity index (χ4n) is 3.07. The average molecular weight is 364 g/mol. The highest BCUT2D eigenvalue weighted by atomic mass is 16.1. The first kappa shape index (κ1) is 17.7. The van der Waals surface area contributed by atoms with Crippen molar-refractivity contribution in [3.8, 4) is 0 Å². The summed E-state index contributed by atoms with van der Waals surface area (Å²) in [7, 11) is 0. The molecule has 0 aliphatic heterocycles. The van der Waals surface area contributed by atoms with Gasteiger partial charge in [0.05, 0.1) is 16.9 Å². The number of fused-ring (bicyclic) bond motifs is 1. The van der Waals surface area contributed by atoms with E-state index in [9.17, 15) is 4.79 Å². The van der Waals surface area contributed by atoms with Crippen molar-refractivity contribution < 1.29 is 4.79 Å². The van der Waals surface area contributed by atoms with Crippen LogP contribution in [-0.2, 0) is 0 Å². The number of benzene rings is 3. The molecule has 3 nitrogen and oxygen atoms in total. The van der Waals surface area contributed by atoms with Crippen molar-refractivity contribution in [3.63, 3.8) is 0 Å². The number of pyridine rings is 1. The van der Waals surface area contributed by atoms with E-state index in [1.54, 1.807) is 6.92 Å². The smallest absolute Gasteiger partial charge is 0.159 e. The molecule has 0 atom stereocenters. The predicted molar refractivity (Wildman–Crippen MR) is 117 cm³/mol. The van der Waals surface area contributed by atoms with E-state index in [-0.39, 0.29) is 5.78 Å². The van der Waals surface area contributed by atoms with E-state index in [4.69, 9.17) is 4.98 Å². The second-order valence-electron chi connectivity index (χ2n) is 6.61. The zero-order valence-corrected chi connectivity index (χ0v) is 15.6. The molecule has 0 spiro atoms. The fraction of sp³-hybridized carbons (Fsp3) is 0.0400. The molecule has 0 unspecified atom stereocenters. The molecule has 1 heterocycles. The van der Waals surface area contributed by atoms with Crippen LogP contribution in [0, 0.1) is 0 Å². The maximum absolute atomic E-state index is 11.5. The van der Waals surface area contributed by atoms with E-state index in [1.807, 2.05) is 72.8 Å². The highest BCUT2D eigenvalue weighted by molar-refractivity contribution is 5.96. The van der Waals surface area contributed by atoms with Gasteiger partial charge in [0, 0.05) is 16.6 Å². The van der Waals surface area contributed by atoms with Gasteiger partial charge in [0.25, 0.3) is 0 Å². The average Bonchev–Trinajstić information content (AvgIpc) is 2.73. The topological polar surface area (TPSA) is 42.0 Å². The molecule has 0 saturated carbocycles. The van der Waals surface area contributed by atoms with Crippen LogP contribution in [0.25, 0.3) is 23.1 Å². The van der Waals surface area contributed by atoms with Crippen molar-refractivity contribution in [2.45, 2.75) is 6.92 Å². The first-order valence-electron chi connectivity index (χ1n) is 9.20. The van der Waals surface area contributed by atoms with Gasteiger partial charge < -0.3 is 5.32 Å². The lowest BCUT2D eigenvalue weighted by molar-refractivity contribution is 0.101. The Morgan fingerprint density at radius 3 is 2.32 bits per heavy atom. The maximum Gasteiger partial charge on any atom is 0.159 e. The molecule has 3 aromatic carbocycles. The molecule has 0 fully saturated rings. The molecule has 136 valence electrons. The van der Waals surface area contributed by atoms with Crippen LogP contribution in [0.15, 0.2) is 84.9 Å². The number of aromatic nitrogens is 1. The summed E-state index contributed by atoms with van der Waals surface area (Å²) in [4.78, 5) is 16.2. The highest BCUT2D eigenvalue weighted by Gasteiger charge is 2.06. The third-order valence-electron chi connectivity index (χ3n) is 4.55. The molecule has 4 rings (SSSR count). The molecule has 1 N–H and O–H groups in total. The molecule has 0 radical (unpaired) electrons. The van der Waals surface area contributed by atoms with Crippen molar-refractivity contribution >= 4 is 40.2 Å². The van der Waals surface area contributed by atoms with E-state index in [0.29, 0.717) is 5.56 Å². The lowest BCUT2D eigenvalue weighted by atomic mass is 10.1. The number of nitrogens with one attached hydrogen (secondary N) is 1. The minimum Gasteiger partial charge on any atom is -0.355 e. The van der Waals surface area contributed by atoms with Gasteiger partial charge in [-0.1, -0.05) is 54.6 Å². The van der Waals surface area contributed by atoms with E-state index in [1.165, 1.54) is 0 Å². The molecule has 0 amide bonds. The fourth-order valence-corrected chi connectivity index (χ4v) is 3.07. The van der Waals surface area contributed by atoms with Gasteiger partial charge in [0.15, 0.2) is 5.78 Å². The summed E-state index contributed by atoms with van der Waals surface area (Å²) < 4.78 is 0. The first-order valence-corrected chi connectivity index (χ1v) is 9.20. The van der Waals surface area contributed by atoms with Gasteiger partial charge in [-0.2, -0.15) is 0 Å². The monoisotopic (exact) mass is 364 g/mol. The molecule has 0 bridgehead atoms. The normalized spacial score (nSPS) is 11.0. The number of para-hydroxylation sites is 1. The minimum atomic E-state index is 0.0641. The zero-order valence-electron chi connectivity index (χ0n) is 15.6. The molecule has 0 aliphatic rings. The quantitative estimate of drug-likeness (QED) is 0.419. The number of carbonyl (C=O) groups excluding carboxylic acids is 1. The lowest BCUT2D eigenvalue weighted by Crippen LogP contribution is -1.96. The number of rotatable bonds is 5. The maximum atomic E-state index is 11.5. The number of hydrogen-bond donors (Lipinski definition) is 1. The third-order valence-corrected chi connectivity index (χ3v) is 4.55. The summed E-state index contributed by atoms with van der Waals surface area (Å²) in [6.07, 6.45) is 4.08. The Kier molecular flexibility index (Phi) is 4.98. The van der Waals surface area contributed by atoms with Gasteiger partial charge in [0.1, 0.15) is 0 Å². The molecule has 4 aromatic rings. The standard InChI is InChI=1S/C25H20N2O/c1-18(28)20-12-15-21(16-13-20)26-25-17-22(14-11-19-7-3-2-4-8-19)27-24-10-6-5-9-23(24)25/h2-17H,1H3,(H,26,27)/b14-11+. The lowest BCUT2D eigenvalue weighted by Gasteiger charge is -2.11. The Labute approximate surface area is 164 Å². The zero-order chi connectivity index (χ0) is 19.3. The van der Waals surface area contributed by atoms with Gasteiger partial charge in [-0.25, -0.2) is 4.98 Å². The summed E-state index contributed by atoms with van der Waals surface area (Å²) >= 11 is 0. The minimum absolute atomic E-state index is 0.0641. The van der Waals surface area contributed by atoms with E-state index in [2.05, 4.69) is 29.6 Å². The number of anilines is 2. The molecule has 28 heavy (non-hydrogen) atoms. The van der Waals surface area contributed by atoms with Crippen LogP contribution in [0.4, 0.5) is 11.4 Å². The van der Waals surface area contributed by atoms with Crippen LogP contribution in [-0.4, -0.2) is 10.8 Å². The van der Waals surface area contributed by atoms with Crippen molar-refractivity contribution in [2.75, 3.05) is 5.32 Å². The molecule has 0 aliphatic carbocycles. The van der Waals surface area contributed by atoms with Gasteiger partial charge in [-0.05, 0) is 55.0 Å². The van der Waals surface area contributed by atoms with Crippen molar-refractivity contribution in [3.05, 3.63) is 102 Å². The number of ketones is 1. The van der Waals surface area contributed by atoms with E-state index < -0.39 is 0 Å². The van der Waals surface area contributed by atoms with Crippen LogP contribution < -0.4 is 5.32 Å². The second kappa shape index (κ2) is 7.89. The summed E-state index contributed by atoms with van der Waals surface area (Å²) in [6, 6.07) is 27.8. The van der Waals surface area contributed by atoms with Gasteiger partial charge >= 0.3 is 0 Å². The Bertz CT molecular complexity index is 1150. The number of hydrogen-bond acceptors (Lipinski definition) is 3. The van der Waals surface area contributed by atoms with E-state index >= 15 is 0 Å². The summed E-state index contributed by atoms with van der Waals surface area (Å²) in [5.41, 5.74) is 5.56. The summed E-state index contributed by atoms with van der Waals surface area (Å²) in [5.74, 6) is 0.0641. The van der Waals surface area contributed by atoms with Crippen LogP contribution in [0.3, 0.4) is 0 Å².